The minimum atomic E-state index is -3.29. The molecule has 139 heavy (non-hydrogen) atoms. The molecule has 0 unspecified atom stereocenters. The van der Waals surface area contributed by atoms with Crippen LogP contribution in [0.5, 0.6) is 0 Å². The third-order valence-electron chi connectivity index (χ3n) is 23.3. The zero-order valence-corrected chi connectivity index (χ0v) is 90.7. The topological polar surface area (TPSA) is 176 Å². The summed E-state index contributed by atoms with van der Waals surface area (Å²) in [4.78, 5) is 52.5. The molecule has 0 aliphatic carbocycles. The summed E-state index contributed by atoms with van der Waals surface area (Å²) < 4.78 is 44.9. The SMILES string of the molecule is CC(=O)OCc1ccc(C(C)C)cc1.CC(C)c1ccc(S(=O)(=O)N(C)C)cc1.CC(C)c1cccc(CCOC(=O)Nc2ccccc2)c1.CC(C)c1cccc(CN2CCN(C)CC2)c1.CC(C)c1cccc(COC(=O)Nc2ccccc2)c1.CC(C)c1cccc(Cl)c1.CCOC(=O)CN(C)Cc1cccc(C(C)C)c1.CCc1cccc(CC)c1C(C)C.Cc1cccc(C)c1C(C)C. The predicted molar refractivity (Wildman–Crippen MR) is 585 cm³/mol. The van der Waals surface area contributed by atoms with Crippen LogP contribution in [0, 0.1) is 13.8 Å². The molecule has 754 valence electrons. The number of sulfonamides is 1. The first-order valence-electron chi connectivity index (χ1n) is 49.7. The van der Waals surface area contributed by atoms with Gasteiger partial charge < -0.3 is 23.8 Å². The van der Waals surface area contributed by atoms with Gasteiger partial charge >= 0.3 is 24.1 Å². The molecule has 2 amide bonds. The van der Waals surface area contributed by atoms with Gasteiger partial charge in [-0.1, -0.05) is 368 Å². The lowest BCUT2D eigenvalue weighted by atomic mass is 9.90. The van der Waals surface area contributed by atoms with Crippen molar-refractivity contribution in [2.75, 3.05) is 84.8 Å². The molecule has 1 heterocycles. The molecule has 16 nitrogen and oxygen atoms in total. The maximum Gasteiger partial charge on any atom is 0.411 e. The fourth-order valence-corrected chi connectivity index (χ4v) is 16.2. The van der Waals surface area contributed by atoms with Gasteiger partial charge in [-0.3, -0.25) is 30.0 Å². The molecule has 1 aliphatic heterocycles. The lowest BCUT2D eigenvalue weighted by Crippen LogP contribution is -2.43. The summed E-state index contributed by atoms with van der Waals surface area (Å²) in [6.45, 7) is 59.9. The number of para-hydroxylation sites is 2. The molecule has 1 fully saturated rings. The molecule has 1 aliphatic rings. The predicted octanol–water partition coefficient (Wildman–Crippen LogP) is 30.3. The quantitative estimate of drug-likeness (QED) is 0.0335. The smallest absolute Gasteiger partial charge is 0.411 e. The number of anilines is 2. The molecular formula is C121H167ClN6O10S. The van der Waals surface area contributed by atoms with Gasteiger partial charge in [0.05, 0.1) is 24.7 Å². The summed E-state index contributed by atoms with van der Waals surface area (Å²) in [6, 6.07) is 89.0. The highest BCUT2D eigenvalue weighted by molar-refractivity contribution is 7.89. The van der Waals surface area contributed by atoms with Crippen molar-refractivity contribution in [2.24, 2.45) is 0 Å². The van der Waals surface area contributed by atoms with Crippen LogP contribution >= 0.6 is 11.6 Å². The summed E-state index contributed by atoms with van der Waals surface area (Å²) in [5.41, 5.74) is 25.4. The number of benzene rings is 11. The van der Waals surface area contributed by atoms with Crippen molar-refractivity contribution in [3.05, 3.63) is 372 Å². The molecule has 0 bridgehead atoms. The van der Waals surface area contributed by atoms with Gasteiger partial charge in [0.25, 0.3) is 0 Å². The number of hydrogen-bond acceptors (Lipinski definition) is 13. The Kier molecular flexibility index (Phi) is 56.3. The van der Waals surface area contributed by atoms with Crippen LogP contribution in [0.3, 0.4) is 0 Å². The summed E-state index contributed by atoms with van der Waals surface area (Å²) in [7, 11) is 3.92. The maximum absolute atomic E-state index is 11.7. The second-order valence-electron chi connectivity index (χ2n) is 38.3. The molecular weight excluding hydrogens is 1760 g/mol. The zero-order chi connectivity index (χ0) is 103. The van der Waals surface area contributed by atoms with E-state index in [1.54, 1.807) is 17.7 Å². The van der Waals surface area contributed by atoms with Crippen molar-refractivity contribution in [1.82, 2.24) is 19.0 Å². The van der Waals surface area contributed by atoms with Crippen molar-refractivity contribution in [3.8, 4) is 0 Å². The molecule has 11 aromatic carbocycles. The van der Waals surface area contributed by atoms with E-state index in [0.717, 1.165) is 65.4 Å². The van der Waals surface area contributed by atoms with Gasteiger partial charge in [-0.25, -0.2) is 22.3 Å². The Balaban J connectivity index is 0.000000329. The van der Waals surface area contributed by atoms with Gasteiger partial charge in [0.1, 0.15) is 13.2 Å². The van der Waals surface area contributed by atoms with Crippen LogP contribution in [-0.4, -0.2) is 126 Å². The number of carbonyl (C=O) groups is 4. The van der Waals surface area contributed by atoms with E-state index in [4.69, 9.17) is 30.5 Å². The highest BCUT2D eigenvalue weighted by Crippen LogP contribution is 2.29. The number of aryl methyl sites for hydroxylation is 4. The number of halogens is 1. The molecule has 11 aromatic rings. The Morgan fingerprint density at radius 3 is 1.18 bits per heavy atom. The standard InChI is InChI=1S/C18H21NO2.C17H19NO2.C15H24N2.C15H23NO2.C13H20.C12H16O2.C11H17NO2S.C11H16.C9H11Cl/c1-14(2)16-8-6-7-15(13-16)11-12-21-18(20)19-17-9-4-3-5-10-17;1-13(2)15-8-6-7-14(11-15)12-20-17(19)18-16-9-4-3-5-10-16;1-13(2)15-6-4-5-14(11-15)12-17-9-7-16(3)8-10-17;1-5-18-15(17)11-16(4)10-13-7-6-8-14(9-13)12(2)3;1-5-11-8-7-9-12(6-2)13(11)10(3)4;1-9(2)12-6-4-11(5-7-12)8-14-10(3)13;1-9(2)10-5-7-11(8-6-10)15(13,14)12(3)4;1-8(2)11-9(3)6-5-7-10(11)4;1-7(2)8-4-3-5-9(10)6-8/h3-10,13-14H,11-12H2,1-2H3,(H,19,20);3-11,13H,12H2,1-2H3,(H,18,19);4-6,11,13H,7-10,12H2,1-3H3;6-9,12H,5,10-11H2,1-4H3;7-10H,5-6H2,1-4H3;4-7,9H,8H2,1-3H3;5-9H,1-4H3;5-8H,1-4H3;3-7H,1-2H3. The van der Waals surface area contributed by atoms with E-state index in [-0.39, 0.29) is 18.5 Å². The number of rotatable bonds is 29. The molecule has 0 aromatic heterocycles. The molecule has 0 radical (unpaired) electrons. The second-order valence-corrected chi connectivity index (χ2v) is 40.9. The van der Waals surface area contributed by atoms with E-state index in [2.05, 4.69) is 319 Å². The highest BCUT2D eigenvalue weighted by Gasteiger charge is 2.19. The van der Waals surface area contributed by atoms with Gasteiger partial charge in [-0.2, -0.15) is 0 Å². The van der Waals surface area contributed by atoms with Crippen LogP contribution in [0.4, 0.5) is 21.0 Å². The van der Waals surface area contributed by atoms with Crippen LogP contribution in [0.1, 0.15) is 306 Å². The molecule has 18 heteroatoms. The first-order chi connectivity index (χ1) is 65.9. The Labute approximate surface area is 843 Å². The van der Waals surface area contributed by atoms with E-state index >= 15 is 0 Å². The van der Waals surface area contributed by atoms with Crippen LogP contribution in [0.25, 0.3) is 0 Å². The van der Waals surface area contributed by atoms with Gasteiger partial charge in [0, 0.05) is 83.1 Å². The lowest BCUT2D eigenvalue weighted by Gasteiger charge is -2.32. The highest BCUT2D eigenvalue weighted by atomic mass is 35.5. The number of likely N-dealkylation sites (N-methyl/N-ethyl adjacent to an activating group) is 2. The Hall–Kier alpha value is -11.0. The number of nitrogens with one attached hydrogen (secondary N) is 2. The van der Waals surface area contributed by atoms with Crippen molar-refractivity contribution in [3.63, 3.8) is 0 Å². The molecule has 0 spiro atoms. The number of carbonyl (C=O) groups excluding carboxylic acids is 4. The third kappa shape index (κ3) is 47.7. The van der Waals surface area contributed by atoms with Crippen LogP contribution in [0.2, 0.25) is 5.02 Å². The van der Waals surface area contributed by atoms with Crippen molar-refractivity contribution < 1.29 is 46.5 Å². The van der Waals surface area contributed by atoms with E-state index in [1.165, 1.54) is 129 Å². The van der Waals surface area contributed by atoms with Crippen LogP contribution in [0.15, 0.2) is 272 Å². The molecule has 0 saturated carbocycles. The Morgan fingerprint density at radius 1 is 0.388 bits per heavy atom. The van der Waals surface area contributed by atoms with Crippen molar-refractivity contribution in [1.29, 1.82) is 0 Å². The average Bonchev–Trinajstić information content (AvgIpc) is 0.811. The summed E-state index contributed by atoms with van der Waals surface area (Å²) in [5.74, 6) is 4.56. The number of hydrogen-bond donors (Lipinski definition) is 2. The molecule has 0 atom stereocenters. The largest absolute Gasteiger partial charge is 0.465 e. The fourth-order valence-electron chi connectivity index (χ4n) is 15.1. The minimum absolute atomic E-state index is 0.167. The molecule has 2 N–H and O–H groups in total. The third-order valence-corrected chi connectivity index (χ3v) is 25.4. The lowest BCUT2D eigenvalue weighted by molar-refractivity contribution is -0.144. The Morgan fingerprint density at radius 2 is 0.770 bits per heavy atom. The number of amides is 2. The number of piperazine rings is 1. The first kappa shape index (κ1) is 120. The van der Waals surface area contributed by atoms with Gasteiger partial charge in [0.2, 0.25) is 10.0 Å². The van der Waals surface area contributed by atoms with Crippen LogP contribution in [-0.2, 0) is 84.1 Å². The maximum atomic E-state index is 11.7. The van der Waals surface area contributed by atoms with Gasteiger partial charge in [-0.15, -0.1) is 0 Å². The minimum Gasteiger partial charge on any atom is -0.465 e. The summed E-state index contributed by atoms with van der Waals surface area (Å²) in [5, 5.41) is 6.21. The number of ether oxygens (including phenoxy) is 4. The van der Waals surface area contributed by atoms with E-state index in [9.17, 15) is 27.6 Å². The second kappa shape index (κ2) is 65.1. The monoisotopic (exact) mass is 1930 g/mol. The Bertz CT molecular complexity index is 5420. The van der Waals surface area contributed by atoms with Gasteiger partial charge in [0.15, 0.2) is 0 Å². The van der Waals surface area contributed by atoms with E-state index < -0.39 is 22.2 Å². The van der Waals surface area contributed by atoms with E-state index in [1.807, 2.05) is 134 Å². The normalized spacial score (nSPS) is 11.8. The first-order valence-corrected chi connectivity index (χ1v) is 51.5. The molecule has 12 rings (SSSR count). The average molecular weight is 1930 g/mol. The van der Waals surface area contributed by atoms with Crippen LogP contribution < -0.4 is 10.6 Å². The van der Waals surface area contributed by atoms with E-state index in [0.29, 0.717) is 84.5 Å². The van der Waals surface area contributed by atoms with Crippen molar-refractivity contribution in [2.45, 2.75) is 270 Å². The summed E-state index contributed by atoms with van der Waals surface area (Å²) >= 11 is 5.79. The number of esters is 2. The fraction of sp³-hybridized carbons (Fsp3) is 0.421. The zero-order valence-electron chi connectivity index (χ0n) is 89.2. The van der Waals surface area contributed by atoms with Crippen molar-refractivity contribution >= 4 is 57.1 Å². The van der Waals surface area contributed by atoms with Gasteiger partial charge in [-0.05, 0) is 250 Å². The number of nitrogens with zero attached hydrogens (tertiary/aromatic N) is 4. The summed E-state index contributed by atoms with van der Waals surface area (Å²) in [6.07, 6.45) is 2.18. The molecule has 1 saturated heterocycles.